The molecule has 0 aliphatic rings. The number of imidazole rings is 2. The predicted molar refractivity (Wildman–Crippen MR) is 202 cm³/mol. The Kier molecular flexibility index (Phi) is 7.60. The number of fused-ring (bicyclic) bond motifs is 2. The van der Waals surface area contributed by atoms with Crippen molar-refractivity contribution in [2.75, 3.05) is 0 Å². The molecule has 0 atom stereocenters. The zero-order valence-corrected chi connectivity index (χ0v) is 28.2. The number of phenols is 1. The molecular formula is C44H38N4O. The van der Waals surface area contributed by atoms with Crippen LogP contribution in [0.3, 0.4) is 0 Å². The molecule has 6 aromatic carbocycles. The van der Waals surface area contributed by atoms with E-state index in [9.17, 15) is 5.11 Å². The summed E-state index contributed by atoms with van der Waals surface area (Å²) in [7, 11) is 0. The molecule has 0 saturated carbocycles. The molecule has 0 aliphatic carbocycles. The zero-order valence-electron chi connectivity index (χ0n) is 28.2. The van der Waals surface area contributed by atoms with Crippen molar-refractivity contribution in [3.63, 3.8) is 0 Å². The first-order chi connectivity index (χ1) is 23.9. The summed E-state index contributed by atoms with van der Waals surface area (Å²) in [5.74, 6) is 2.67. The van der Waals surface area contributed by atoms with E-state index in [1.807, 2.05) is 24.3 Å². The number of rotatable bonds is 7. The van der Waals surface area contributed by atoms with Gasteiger partial charge >= 0.3 is 0 Å². The smallest absolute Gasteiger partial charge is 0.149 e. The maximum Gasteiger partial charge on any atom is 0.149 e. The standard InChI is InChI=1S/C44H38N4O/c1-28(2)30-19-23-34(24-20-30)47-39-16-7-6-15-38(39)45-43(47)33-12-9-11-32(27-33)36-14-10-17-40-42(36)46-44(37-13-5-8-18-41(37)49)48(40)35-25-21-31(22-26-35)29(3)4/h5-29,49H,1-4H3. The molecule has 5 heteroatoms. The van der Waals surface area contributed by atoms with E-state index in [0.717, 1.165) is 56.0 Å². The van der Waals surface area contributed by atoms with E-state index in [4.69, 9.17) is 9.97 Å². The van der Waals surface area contributed by atoms with Gasteiger partial charge in [-0.3, -0.25) is 9.13 Å². The molecule has 2 aromatic heterocycles. The SMILES string of the molecule is CC(C)c1ccc(-n2c(-c3cccc(-c4cccc5c4nc(-c4ccccc4O)n5-c4ccc(C(C)C)cc4)c3)nc3ccccc32)cc1. The Labute approximate surface area is 286 Å². The van der Waals surface area contributed by atoms with Gasteiger partial charge in [-0.2, -0.15) is 0 Å². The highest BCUT2D eigenvalue weighted by Gasteiger charge is 2.21. The van der Waals surface area contributed by atoms with Crippen LogP contribution in [0, 0.1) is 0 Å². The highest BCUT2D eigenvalue weighted by molar-refractivity contribution is 5.96. The molecule has 1 N–H and O–H groups in total. The Balaban J connectivity index is 1.31. The summed E-state index contributed by atoms with van der Waals surface area (Å²) < 4.78 is 4.41. The van der Waals surface area contributed by atoms with Gasteiger partial charge < -0.3 is 5.11 Å². The summed E-state index contributed by atoms with van der Waals surface area (Å²) in [5, 5.41) is 11.0. The monoisotopic (exact) mass is 638 g/mol. The summed E-state index contributed by atoms with van der Waals surface area (Å²) in [4.78, 5) is 10.4. The van der Waals surface area contributed by atoms with Gasteiger partial charge in [-0.15, -0.1) is 0 Å². The van der Waals surface area contributed by atoms with Crippen molar-refractivity contribution in [3.05, 3.63) is 151 Å². The quantitative estimate of drug-likeness (QED) is 0.189. The summed E-state index contributed by atoms with van der Waals surface area (Å²) in [6.07, 6.45) is 0. The van der Waals surface area contributed by atoms with Crippen LogP contribution in [0.4, 0.5) is 0 Å². The Bertz CT molecular complexity index is 2450. The second-order valence-electron chi connectivity index (χ2n) is 13.3. The molecule has 0 radical (unpaired) electrons. The van der Waals surface area contributed by atoms with Gasteiger partial charge in [0.2, 0.25) is 0 Å². The molecule has 0 spiro atoms. The van der Waals surface area contributed by atoms with Gasteiger partial charge in [-0.25, -0.2) is 9.97 Å². The first-order valence-corrected chi connectivity index (χ1v) is 17.0. The van der Waals surface area contributed by atoms with Crippen LogP contribution in [0.2, 0.25) is 0 Å². The Morgan fingerprint density at radius 2 is 1.04 bits per heavy atom. The van der Waals surface area contributed by atoms with Crippen molar-refractivity contribution < 1.29 is 5.11 Å². The largest absolute Gasteiger partial charge is 0.507 e. The van der Waals surface area contributed by atoms with Gasteiger partial charge in [0, 0.05) is 22.5 Å². The zero-order chi connectivity index (χ0) is 33.6. The third-order valence-corrected chi connectivity index (χ3v) is 9.46. The molecule has 240 valence electrons. The minimum absolute atomic E-state index is 0.196. The lowest BCUT2D eigenvalue weighted by atomic mass is 10.0. The van der Waals surface area contributed by atoms with E-state index in [1.54, 1.807) is 6.07 Å². The fourth-order valence-electron chi connectivity index (χ4n) is 6.76. The van der Waals surface area contributed by atoms with Crippen molar-refractivity contribution in [1.82, 2.24) is 19.1 Å². The van der Waals surface area contributed by atoms with Crippen LogP contribution in [0.5, 0.6) is 5.75 Å². The molecule has 2 heterocycles. The number of nitrogens with zero attached hydrogens (tertiary/aromatic N) is 4. The molecule has 0 fully saturated rings. The molecule has 5 nitrogen and oxygen atoms in total. The lowest BCUT2D eigenvalue weighted by Gasteiger charge is -2.13. The number of aromatic hydroxyl groups is 1. The maximum atomic E-state index is 11.0. The maximum absolute atomic E-state index is 11.0. The van der Waals surface area contributed by atoms with Gasteiger partial charge in [-0.05, 0) is 89.2 Å². The van der Waals surface area contributed by atoms with Gasteiger partial charge in [0.15, 0.2) is 0 Å². The minimum Gasteiger partial charge on any atom is -0.507 e. The van der Waals surface area contributed by atoms with Crippen LogP contribution >= 0.6 is 0 Å². The Morgan fingerprint density at radius 1 is 0.490 bits per heavy atom. The number of benzene rings is 6. The third kappa shape index (κ3) is 5.38. The molecule has 0 saturated heterocycles. The lowest BCUT2D eigenvalue weighted by molar-refractivity contribution is 0.477. The van der Waals surface area contributed by atoms with Crippen molar-refractivity contribution >= 4 is 22.1 Å². The van der Waals surface area contributed by atoms with Gasteiger partial charge in [0.1, 0.15) is 17.4 Å². The number of para-hydroxylation sites is 4. The summed E-state index contributed by atoms with van der Waals surface area (Å²) >= 11 is 0. The highest BCUT2D eigenvalue weighted by Crippen LogP contribution is 2.39. The first-order valence-electron chi connectivity index (χ1n) is 17.0. The van der Waals surface area contributed by atoms with Crippen molar-refractivity contribution in [2.24, 2.45) is 0 Å². The molecule has 0 bridgehead atoms. The Hall–Kier alpha value is -5.94. The van der Waals surface area contributed by atoms with E-state index in [-0.39, 0.29) is 5.75 Å². The van der Waals surface area contributed by atoms with Crippen molar-refractivity contribution in [1.29, 1.82) is 0 Å². The molecule has 0 unspecified atom stereocenters. The fraction of sp³-hybridized carbons (Fsp3) is 0.136. The minimum atomic E-state index is 0.196. The number of hydrogen-bond acceptors (Lipinski definition) is 3. The second-order valence-corrected chi connectivity index (χ2v) is 13.3. The summed E-state index contributed by atoms with van der Waals surface area (Å²) in [5.41, 5.74) is 12.3. The van der Waals surface area contributed by atoms with E-state index >= 15 is 0 Å². The number of hydrogen-bond donors (Lipinski definition) is 1. The van der Waals surface area contributed by atoms with Crippen LogP contribution in [0.25, 0.3) is 67.3 Å². The average molecular weight is 639 g/mol. The van der Waals surface area contributed by atoms with E-state index in [1.165, 1.54) is 11.1 Å². The molecule has 49 heavy (non-hydrogen) atoms. The summed E-state index contributed by atoms with van der Waals surface area (Å²) in [6.45, 7) is 8.84. The molecular weight excluding hydrogens is 601 g/mol. The number of phenolic OH excluding ortho intramolecular Hbond substituents is 1. The average Bonchev–Trinajstić information content (AvgIpc) is 3.71. The first kappa shape index (κ1) is 30.4. The van der Waals surface area contributed by atoms with Crippen molar-refractivity contribution in [3.8, 4) is 51.0 Å². The van der Waals surface area contributed by atoms with Gasteiger partial charge in [-0.1, -0.05) is 107 Å². The third-order valence-electron chi connectivity index (χ3n) is 9.46. The molecule has 0 aliphatic heterocycles. The second kappa shape index (κ2) is 12.3. The van der Waals surface area contributed by atoms with Crippen molar-refractivity contribution in [2.45, 2.75) is 39.5 Å². The highest BCUT2D eigenvalue weighted by atomic mass is 16.3. The lowest BCUT2D eigenvalue weighted by Crippen LogP contribution is -1.99. The van der Waals surface area contributed by atoms with E-state index < -0.39 is 0 Å². The normalized spacial score (nSPS) is 11.7. The van der Waals surface area contributed by atoms with Crippen LogP contribution in [-0.4, -0.2) is 24.2 Å². The van der Waals surface area contributed by atoms with Crippen LogP contribution < -0.4 is 0 Å². The van der Waals surface area contributed by atoms with Gasteiger partial charge in [0.25, 0.3) is 0 Å². The predicted octanol–water partition coefficient (Wildman–Crippen LogP) is 11.3. The van der Waals surface area contributed by atoms with E-state index in [0.29, 0.717) is 23.2 Å². The Morgan fingerprint density at radius 3 is 1.71 bits per heavy atom. The molecule has 8 aromatic rings. The fourth-order valence-corrected chi connectivity index (χ4v) is 6.76. The number of aromatic nitrogens is 4. The topological polar surface area (TPSA) is 55.9 Å². The molecule has 8 rings (SSSR count). The summed E-state index contributed by atoms with van der Waals surface area (Å²) in [6, 6.07) is 48.1. The van der Waals surface area contributed by atoms with Crippen LogP contribution in [0.1, 0.15) is 50.7 Å². The molecule has 0 amide bonds. The van der Waals surface area contributed by atoms with Crippen LogP contribution in [0.15, 0.2) is 140 Å². The van der Waals surface area contributed by atoms with E-state index in [2.05, 4.69) is 146 Å². The van der Waals surface area contributed by atoms with Crippen LogP contribution in [-0.2, 0) is 0 Å². The van der Waals surface area contributed by atoms with Gasteiger partial charge in [0.05, 0.1) is 27.6 Å².